The van der Waals surface area contributed by atoms with Crippen molar-refractivity contribution in [1.29, 1.82) is 0 Å². The smallest absolute Gasteiger partial charge is 0.412 e. The van der Waals surface area contributed by atoms with Crippen LogP contribution in [0.2, 0.25) is 0 Å². The number of carbonyl (C=O) groups is 1. The van der Waals surface area contributed by atoms with E-state index in [1.807, 2.05) is 24.3 Å². The number of halogens is 1. The van der Waals surface area contributed by atoms with Gasteiger partial charge in [0.25, 0.3) is 0 Å². The summed E-state index contributed by atoms with van der Waals surface area (Å²) in [5, 5.41) is 3.37. The van der Waals surface area contributed by atoms with E-state index >= 15 is 0 Å². The van der Waals surface area contributed by atoms with Crippen LogP contribution in [0.5, 0.6) is 0 Å². The zero-order valence-corrected chi connectivity index (χ0v) is 9.28. The molecule has 5 heteroatoms. The van der Waals surface area contributed by atoms with Crippen LogP contribution in [0.3, 0.4) is 0 Å². The van der Waals surface area contributed by atoms with Gasteiger partial charge in [-0.2, -0.15) is 0 Å². The van der Waals surface area contributed by atoms with Crippen LogP contribution in [0.1, 0.15) is 18.4 Å². The van der Waals surface area contributed by atoms with Gasteiger partial charge in [-0.3, -0.25) is 5.32 Å². The maximum absolute atomic E-state index is 13.5. The SMILES string of the molecule is O=C1Nc2ccccc2C2(CCCN(F)C2)O1. The summed E-state index contributed by atoms with van der Waals surface area (Å²) >= 11 is 0. The molecule has 0 aliphatic carbocycles. The van der Waals surface area contributed by atoms with Gasteiger partial charge < -0.3 is 4.74 Å². The van der Waals surface area contributed by atoms with Gasteiger partial charge in [0.05, 0.1) is 12.2 Å². The third-order valence-corrected chi connectivity index (χ3v) is 3.35. The van der Waals surface area contributed by atoms with Crippen LogP contribution in [-0.2, 0) is 10.3 Å². The normalized spacial score (nSPS) is 28.4. The summed E-state index contributed by atoms with van der Waals surface area (Å²) in [4.78, 5) is 11.5. The molecule has 17 heavy (non-hydrogen) atoms. The zero-order valence-electron chi connectivity index (χ0n) is 9.28. The van der Waals surface area contributed by atoms with Crippen LogP contribution in [0, 0.1) is 0 Å². The third kappa shape index (κ3) is 1.67. The molecule has 2 aliphatic rings. The van der Waals surface area contributed by atoms with Crippen molar-refractivity contribution < 1.29 is 14.0 Å². The first-order valence-corrected chi connectivity index (χ1v) is 5.70. The molecule has 1 aromatic rings. The average molecular weight is 236 g/mol. The topological polar surface area (TPSA) is 41.6 Å². The molecular weight excluding hydrogens is 223 g/mol. The quantitative estimate of drug-likeness (QED) is 0.703. The molecule has 2 aliphatic heterocycles. The van der Waals surface area contributed by atoms with Crippen molar-refractivity contribution in [2.75, 3.05) is 18.4 Å². The van der Waals surface area contributed by atoms with Crippen molar-refractivity contribution in [3.05, 3.63) is 29.8 Å². The number of ether oxygens (including phenoxy) is 1. The Balaban J connectivity index is 2.07. The largest absolute Gasteiger partial charge is 0.436 e. The minimum atomic E-state index is -0.827. The summed E-state index contributed by atoms with van der Waals surface area (Å²) in [5.41, 5.74) is 0.757. The lowest BCUT2D eigenvalue weighted by Crippen LogP contribution is -2.49. The van der Waals surface area contributed by atoms with E-state index in [1.54, 1.807) is 0 Å². The van der Waals surface area contributed by atoms with Gasteiger partial charge >= 0.3 is 6.09 Å². The minimum absolute atomic E-state index is 0.109. The molecule has 0 bridgehead atoms. The van der Waals surface area contributed by atoms with Crippen molar-refractivity contribution in [2.24, 2.45) is 0 Å². The van der Waals surface area contributed by atoms with Gasteiger partial charge in [0.2, 0.25) is 0 Å². The Bertz CT molecular complexity index is 466. The van der Waals surface area contributed by atoms with E-state index in [1.165, 1.54) is 0 Å². The Kier molecular flexibility index (Phi) is 2.29. The molecule has 1 fully saturated rings. The number of nitrogens with one attached hydrogen (secondary N) is 1. The van der Waals surface area contributed by atoms with E-state index in [2.05, 4.69) is 5.32 Å². The number of carbonyl (C=O) groups excluding carboxylic acids is 1. The van der Waals surface area contributed by atoms with E-state index in [-0.39, 0.29) is 6.54 Å². The van der Waals surface area contributed by atoms with Gasteiger partial charge in [0.1, 0.15) is 0 Å². The van der Waals surface area contributed by atoms with Gasteiger partial charge in [0, 0.05) is 12.1 Å². The number of amides is 1. The number of nitrogens with zero attached hydrogens (tertiary/aromatic N) is 1. The molecular formula is C12H13FN2O2. The van der Waals surface area contributed by atoms with Crippen LogP contribution in [0.25, 0.3) is 0 Å². The highest BCUT2D eigenvalue weighted by Gasteiger charge is 2.45. The predicted octanol–water partition coefficient (Wildman–Crippen LogP) is 2.42. The van der Waals surface area contributed by atoms with E-state index < -0.39 is 11.7 Å². The molecule has 0 aromatic heterocycles. The van der Waals surface area contributed by atoms with Crippen LogP contribution in [0.15, 0.2) is 24.3 Å². The van der Waals surface area contributed by atoms with Gasteiger partial charge in [-0.25, -0.2) is 4.79 Å². The van der Waals surface area contributed by atoms with Gasteiger partial charge in [0.15, 0.2) is 5.60 Å². The van der Waals surface area contributed by atoms with Crippen molar-refractivity contribution in [3.8, 4) is 0 Å². The molecule has 1 aromatic carbocycles. The summed E-state index contributed by atoms with van der Waals surface area (Å²) in [6, 6.07) is 7.41. The fourth-order valence-corrected chi connectivity index (χ4v) is 2.63. The van der Waals surface area contributed by atoms with Crippen molar-refractivity contribution >= 4 is 11.8 Å². The molecule has 2 heterocycles. The molecule has 1 spiro atoms. The number of para-hydroxylation sites is 1. The number of hydrogen-bond donors (Lipinski definition) is 1. The Morgan fingerprint density at radius 3 is 3.06 bits per heavy atom. The van der Waals surface area contributed by atoms with E-state index in [9.17, 15) is 9.28 Å². The van der Waals surface area contributed by atoms with Gasteiger partial charge in [-0.05, 0) is 18.9 Å². The predicted molar refractivity (Wildman–Crippen MR) is 60.1 cm³/mol. The van der Waals surface area contributed by atoms with E-state index in [0.717, 1.165) is 16.4 Å². The van der Waals surface area contributed by atoms with E-state index in [4.69, 9.17) is 4.74 Å². The second-order valence-electron chi connectivity index (χ2n) is 4.50. The minimum Gasteiger partial charge on any atom is -0.436 e. The molecule has 1 atom stereocenters. The van der Waals surface area contributed by atoms with Crippen molar-refractivity contribution in [2.45, 2.75) is 18.4 Å². The highest BCUT2D eigenvalue weighted by Crippen LogP contribution is 2.42. The summed E-state index contributed by atoms with van der Waals surface area (Å²) in [6.45, 7) is 0.506. The summed E-state index contributed by atoms with van der Waals surface area (Å²) in [5.74, 6) is 0. The van der Waals surface area contributed by atoms with Gasteiger partial charge in [-0.1, -0.05) is 18.2 Å². The molecule has 4 nitrogen and oxygen atoms in total. The molecule has 1 amide bonds. The fraction of sp³-hybridized carbons (Fsp3) is 0.417. The number of fused-ring (bicyclic) bond motifs is 2. The highest BCUT2D eigenvalue weighted by atomic mass is 19.2. The van der Waals surface area contributed by atoms with Crippen LogP contribution in [-0.4, -0.2) is 24.3 Å². The molecule has 0 saturated carbocycles. The molecule has 0 radical (unpaired) electrons. The Morgan fingerprint density at radius 1 is 1.41 bits per heavy atom. The lowest BCUT2D eigenvalue weighted by molar-refractivity contribution is -0.110. The number of piperidine rings is 1. The van der Waals surface area contributed by atoms with Crippen LogP contribution < -0.4 is 5.32 Å². The first-order chi connectivity index (χ1) is 8.20. The molecule has 1 N–H and O–H groups in total. The molecule has 1 saturated heterocycles. The number of hydrogen-bond acceptors (Lipinski definition) is 3. The standard InChI is InChI=1S/C12H13FN2O2/c13-15-7-3-6-12(8-15)9-4-1-2-5-10(9)14-11(16)17-12/h1-2,4-5H,3,6-8H2,(H,14,16). The Morgan fingerprint density at radius 2 is 2.24 bits per heavy atom. The van der Waals surface area contributed by atoms with Crippen molar-refractivity contribution in [3.63, 3.8) is 0 Å². The van der Waals surface area contributed by atoms with E-state index in [0.29, 0.717) is 19.4 Å². The maximum atomic E-state index is 13.5. The Labute approximate surface area is 98.3 Å². The summed E-state index contributed by atoms with van der Waals surface area (Å²) < 4.78 is 18.8. The molecule has 90 valence electrons. The lowest BCUT2D eigenvalue weighted by Gasteiger charge is -2.42. The Hall–Kier alpha value is -1.62. The monoisotopic (exact) mass is 236 g/mol. The van der Waals surface area contributed by atoms with Crippen LogP contribution in [0.4, 0.5) is 15.0 Å². The number of rotatable bonds is 0. The number of anilines is 1. The van der Waals surface area contributed by atoms with Crippen LogP contribution >= 0.6 is 0 Å². The van der Waals surface area contributed by atoms with Gasteiger partial charge in [-0.15, -0.1) is 9.60 Å². The highest BCUT2D eigenvalue weighted by molar-refractivity contribution is 5.88. The first-order valence-electron chi connectivity index (χ1n) is 5.70. The number of benzene rings is 1. The lowest BCUT2D eigenvalue weighted by atomic mass is 9.84. The maximum Gasteiger partial charge on any atom is 0.412 e. The first kappa shape index (κ1) is 10.5. The van der Waals surface area contributed by atoms with Crippen molar-refractivity contribution in [1.82, 2.24) is 5.12 Å². The average Bonchev–Trinajstić information content (AvgIpc) is 2.28. The fourth-order valence-electron chi connectivity index (χ4n) is 2.63. The zero-order chi connectivity index (χ0) is 11.9. The third-order valence-electron chi connectivity index (χ3n) is 3.35. The second-order valence-corrected chi connectivity index (χ2v) is 4.50. The summed E-state index contributed by atoms with van der Waals surface area (Å²) in [6.07, 6.45) is 0.842. The molecule has 3 rings (SSSR count). The summed E-state index contributed by atoms with van der Waals surface area (Å²) in [7, 11) is 0. The second kappa shape index (κ2) is 3.70. The molecule has 1 unspecified atom stereocenters.